The van der Waals surface area contributed by atoms with Crippen LogP contribution in [0.25, 0.3) is 202 Å². The topological polar surface area (TPSA) is 140 Å². The van der Waals surface area contributed by atoms with E-state index < -0.39 is 0 Å². The van der Waals surface area contributed by atoms with E-state index >= 15 is 0 Å². The summed E-state index contributed by atoms with van der Waals surface area (Å²) in [6, 6.07) is 97.7. The van der Waals surface area contributed by atoms with Crippen LogP contribution in [0.1, 0.15) is 22.8 Å². The minimum atomic E-state index is 0.723. The van der Waals surface area contributed by atoms with Gasteiger partial charge in [-0.05, 0) is 143 Å². The largest absolute Gasteiger partial charge is 0.354 e. The van der Waals surface area contributed by atoms with E-state index in [0.29, 0.717) is 0 Å². The van der Waals surface area contributed by atoms with E-state index in [2.05, 4.69) is 323 Å². The average Bonchev–Trinajstić information content (AvgIpc) is 1.61. The van der Waals surface area contributed by atoms with Crippen LogP contribution >= 0.6 is 0 Å². The lowest BCUT2D eigenvalue weighted by molar-refractivity contribution is 1.32. The molecule has 8 aromatic heterocycles. The zero-order valence-corrected chi connectivity index (χ0v) is 51.6. The lowest BCUT2D eigenvalue weighted by atomic mass is 10.0. The fourth-order valence-electron chi connectivity index (χ4n) is 14.3. The first kappa shape index (κ1) is 54.5. The van der Waals surface area contributed by atoms with Gasteiger partial charge >= 0.3 is 0 Å². The molecule has 0 radical (unpaired) electrons. The van der Waals surface area contributed by atoms with Gasteiger partial charge in [0.2, 0.25) is 0 Å². The molecule has 5 aliphatic heterocycles. The molecule has 0 amide bonds. The number of hydrogen-bond acceptors (Lipinski definition) is 6. The summed E-state index contributed by atoms with van der Waals surface area (Å²) in [7, 11) is 0. The maximum absolute atomic E-state index is 5.78. The summed E-state index contributed by atoms with van der Waals surface area (Å²) in [6.07, 6.45) is 8.57. The highest BCUT2D eigenvalue weighted by atomic mass is 14.8. The monoisotopic (exact) mass is 1230 g/mol. The first-order valence-electron chi connectivity index (χ1n) is 32.2. The molecule has 14 aromatic rings. The highest BCUT2D eigenvalue weighted by Crippen LogP contribution is 2.43. The van der Waals surface area contributed by atoms with E-state index in [1.165, 1.54) is 0 Å². The fraction of sp³-hybridized carbons (Fsp3) is 0. The first-order chi connectivity index (χ1) is 47.5. The van der Waals surface area contributed by atoms with Gasteiger partial charge in [-0.2, -0.15) is 0 Å². The third kappa shape index (κ3) is 9.34. The van der Waals surface area contributed by atoms with Crippen molar-refractivity contribution in [2.24, 2.45) is 0 Å². The van der Waals surface area contributed by atoms with Crippen molar-refractivity contribution in [1.82, 2.24) is 49.8 Å². The van der Waals surface area contributed by atoms with Crippen molar-refractivity contribution in [2.75, 3.05) is 0 Å². The van der Waals surface area contributed by atoms with Gasteiger partial charge in [0.25, 0.3) is 0 Å². The number of hydrogen-bond donors (Lipinski definition) is 4. The number of nitrogens with one attached hydrogen (secondary N) is 4. The van der Waals surface area contributed by atoms with E-state index in [1.807, 2.05) is 0 Å². The van der Waals surface area contributed by atoms with Crippen molar-refractivity contribution in [1.29, 1.82) is 0 Å². The summed E-state index contributed by atoms with van der Waals surface area (Å²) in [5.41, 5.74) is 29.8. The molecule has 10 nitrogen and oxygen atoms in total. The van der Waals surface area contributed by atoms with Gasteiger partial charge in [-0.3, -0.25) is 0 Å². The van der Waals surface area contributed by atoms with Crippen molar-refractivity contribution in [3.63, 3.8) is 0 Å². The Balaban J connectivity index is 1.04. The van der Waals surface area contributed by atoms with Crippen LogP contribution in [-0.2, 0) is 0 Å². The van der Waals surface area contributed by atoms with E-state index in [9.17, 15) is 0 Å². The summed E-state index contributed by atoms with van der Waals surface area (Å²) in [5, 5.41) is 1.75. The fourth-order valence-corrected chi connectivity index (χ4v) is 14.3. The highest BCUT2D eigenvalue weighted by molar-refractivity contribution is 6.09. The number of rotatable bonds is 6. The molecule has 448 valence electrons. The van der Waals surface area contributed by atoms with Crippen LogP contribution in [0.5, 0.6) is 0 Å². The normalized spacial score (nSPS) is 12.1. The number of fused-ring (bicyclic) bond motifs is 20. The molecule has 0 spiro atoms. The lowest BCUT2D eigenvalue weighted by Gasteiger charge is -2.05. The molecule has 19 rings (SSSR count). The Hall–Kier alpha value is -13.2. The Bertz CT molecular complexity index is 5910. The van der Waals surface area contributed by atoms with Crippen LogP contribution < -0.4 is 0 Å². The first-order valence-corrected chi connectivity index (χ1v) is 32.2. The second kappa shape index (κ2) is 22.3. The van der Waals surface area contributed by atoms with Gasteiger partial charge in [0.1, 0.15) is 0 Å². The highest BCUT2D eigenvalue weighted by Gasteiger charge is 2.23. The molecular weight excluding hydrogens is 1170 g/mol. The number of aromatic amines is 4. The van der Waals surface area contributed by atoms with Crippen LogP contribution in [0.15, 0.2) is 279 Å². The third-order valence-corrected chi connectivity index (χ3v) is 18.6. The minimum Gasteiger partial charge on any atom is -0.354 e. The summed E-state index contributed by atoms with van der Waals surface area (Å²) >= 11 is 0. The molecule has 10 heteroatoms. The van der Waals surface area contributed by atoms with E-state index in [4.69, 9.17) is 29.9 Å². The molecule has 96 heavy (non-hydrogen) atoms. The Morgan fingerprint density at radius 3 is 0.812 bits per heavy atom. The van der Waals surface area contributed by atoms with E-state index in [0.717, 1.165) is 200 Å². The van der Waals surface area contributed by atoms with Gasteiger partial charge in [-0.1, -0.05) is 194 Å². The predicted octanol–water partition coefficient (Wildman–Crippen LogP) is 21.7. The quantitative estimate of drug-likeness (QED) is 0.131. The molecular formula is C86H54N10. The van der Waals surface area contributed by atoms with E-state index in [-0.39, 0.29) is 0 Å². The third-order valence-electron chi connectivity index (χ3n) is 18.6. The zero-order valence-electron chi connectivity index (χ0n) is 51.6. The van der Waals surface area contributed by atoms with Gasteiger partial charge in [0.05, 0.1) is 78.3 Å². The standard InChI is InChI=1S/C86H54N10/c1-7-21-51(22-8-1)81-65-37-41-69(89-65)83(53-25-11-3-12-26-53)77-45-57-61-33-19-35-63(87-61)59-47-79-85(55-29-15-5-16-30-55)71-43-39-67(91-71)82(52-23-9-2-10-24-52)68-40-44-72(92-68)86(56-31-17-6-18-32-56)80-48-60(76(96-80)50-75(59)95-79)64-36-20-34-62(88-64)58-46-78(94-74(58)49-73(57)93-77)84(54-27-13-4-14-28-54)70-42-38-66(81)90-70/h1-50,89,91,94,96H. The average molecular weight is 1230 g/mol. The van der Waals surface area contributed by atoms with E-state index in [1.54, 1.807) is 0 Å². The molecule has 0 atom stereocenters. The molecule has 0 unspecified atom stereocenters. The summed E-state index contributed by atoms with van der Waals surface area (Å²) in [4.78, 5) is 50.2. The predicted molar refractivity (Wildman–Crippen MR) is 396 cm³/mol. The molecule has 20 bridgehead atoms. The van der Waals surface area contributed by atoms with Crippen molar-refractivity contribution in [3.8, 4) is 89.3 Å². The smallest absolute Gasteiger partial charge is 0.0752 e. The van der Waals surface area contributed by atoms with Crippen molar-refractivity contribution < 1.29 is 0 Å². The van der Waals surface area contributed by atoms with Gasteiger partial charge < -0.3 is 19.9 Å². The second-order valence-electron chi connectivity index (χ2n) is 24.5. The summed E-state index contributed by atoms with van der Waals surface area (Å²) < 4.78 is 0. The molecule has 0 aliphatic carbocycles. The number of H-pyrrole nitrogens is 4. The maximum atomic E-state index is 5.78. The van der Waals surface area contributed by atoms with Crippen LogP contribution in [0.3, 0.4) is 0 Å². The van der Waals surface area contributed by atoms with Crippen LogP contribution in [-0.4, -0.2) is 49.8 Å². The van der Waals surface area contributed by atoms with Gasteiger partial charge in [0.15, 0.2) is 0 Å². The molecule has 13 heterocycles. The molecule has 4 N–H and O–H groups in total. The lowest BCUT2D eigenvalue weighted by Crippen LogP contribution is -1.88. The number of pyridine rings is 2. The molecule has 0 fully saturated rings. The number of aromatic nitrogens is 10. The Morgan fingerprint density at radius 2 is 0.469 bits per heavy atom. The molecule has 0 saturated heterocycles. The van der Waals surface area contributed by atoms with Crippen molar-refractivity contribution >= 4 is 112 Å². The van der Waals surface area contributed by atoms with Gasteiger partial charge in [-0.15, -0.1) is 0 Å². The van der Waals surface area contributed by atoms with Crippen LogP contribution in [0, 0.1) is 0 Å². The number of nitrogens with zero attached hydrogens (tertiary/aromatic N) is 6. The molecule has 5 aliphatic rings. The minimum absolute atomic E-state index is 0.723. The Kier molecular flexibility index (Phi) is 12.7. The van der Waals surface area contributed by atoms with Crippen LogP contribution in [0.2, 0.25) is 0 Å². The summed E-state index contributed by atoms with van der Waals surface area (Å²) in [5.74, 6) is 0. The second-order valence-corrected chi connectivity index (χ2v) is 24.5. The number of benzene rings is 6. The van der Waals surface area contributed by atoms with Crippen molar-refractivity contribution in [2.45, 2.75) is 0 Å². The van der Waals surface area contributed by atoms with Gasteiger partial charge in [0, 0.05) is 88.4 Å². The zero-order chi connectivity index (χ0) is 63.2. The van der Waals surface area contributed by atoms with Crippen molar-refractivity contribution in [3.05, 3.63) is 302 Å². The van der Waals surface area contributed by atoms with Gasteiger partial charge in [-0.25, -0.2) is 29.9 Å². The summed E-state index contributed by atoms with van der Waals surface area (Å²) in [6.45, 7) is 0. The Morgan fingerprint density at radius 1 is 0.188 bits per heavy atom. The maximum Gasteiger partial charge on any atom is 0.0752 e. The molecule has 0 saturated carbocycles. The Labute approximate surface area is 550 Å². The SMILES string of the molecule is C1=Cc2nc1c(-c1ccccc1)c1ccc([nH]1)c(-c1ccccc1)c1cc3c4cccc(n4)c4cc5nc-4cc4[nH]c(cc4c4cccc(n4)c4cc([nH]c4cc-3n1)c2-c1ccccc1)c(-c1ccccc1)c1nc(c(-c2ccccc2)c2ccc([nH]2)c5-c2ccccc2)C=C1. The van der Waals surface area contributed by atoms with Crippen LogP contribution in [0.4, 0.5) is 0 Å². The molecule has 6 aromatic carbocycles.